The molecule has 2 aromatic rings. The summed E-state index contributed by atoms with van der Waals surface area (Å²) in [5, 5.41) is 3.34. The van der Waals surface area contributed by atoms with Crippen molar-refractivity contribution in [2.45, 2.75) is 12.8 Å². The summed E-state index contributed by atoms with van der Waals surface area (Å²) in [4.78, 5) is 12.6. The van der Waals surface area contributed by atoms with Gasteiger partial charge in [-0.05, 0) is 49.2 Å². The Bertz CT molecular complexity index is 832. The van der Waals surface area contributed by atoms with Crippen LogP contribution in [-0.4, -0.2) is 26.2 Å². The van der Waals surface area contributed by atoms with Crippen molar-refractivity contribution in [3.05, 3.63) is 47.0 Å². The van der Waals surface area contributed by atoms with Gasteiger partial charge in [-0.3, -0.25) is 4.79 Å². The van der Waals surface area contributed by atoms with Gasteiger partial charge in [0.05, 0.1) is 26.0 Å². The van der Waals surface area contributed by atoms with Crippen LogP contribution in [0.2, 0.25) is 5.02 Å². The Morgan fingerprint density at radius 1 is 1.12 bits per heavy atom. The van der Waals surface area contributed by atoms with Gasteiger partial charge in [-0.2, -0.15) is 0 Å². The van der Waals surface area contributed by atoms with Crippen LogP contribution in [0.15, 0.2) is 36.4 Å². The van der Waals surface area contributed by atoms with E-state index < -0.39 is 0 Å². The van der Waals surface area contributed by atoms with E-state index in [4.69, 9.17) is 25.8 Å². The van der Waals surface area contributed by atoms with Crippen molar-refractivity contribution in [3.63, 3.8) is 0 Å². The molecule has 1 aliphatic carbocycles. The first-order chi connectivity index (χ1) is 12.1. The third-order valence-electron chi connectivity index (χ3n) is 4.64. The molecule has 25 heavy (non-hydrogen) atoms. The molecule has 2 aliphatic rings. The molecule has 4 rings (SSSR count). The summed E-state index contributed by atoms with van der Waals surface area (Å²) in [6.45, 7) is 1.30. The summed E-state index contributed by atoms with van der Waals surface area (Å²) in [6.07, 6.45) is 2.26. The van der Waals surface area contributed by atoms with Crippen LogP contribution in [0.3, 0.4) is 0 Å². The van der Waals surface area contributed by atoms with Crippen LogP contribution in [0, 0.1) is 5.41 Å². The topological polar surface area (TPSA) is 56.8 Å². The second-order valence-corrected chi connectivity index (χ2v) is 6.97. The number of benzene rings is 2. The molecule has 1 aliphatic heterocycles. The summed E-state index contributed by atoms with van der Waals surface area (Å²) < 4.78 is 17.0. The molecular formula is C19H18ClNO4. The van der Waals surface area contributed by atoms with E-state index in [-0.39, 0.29) is 11.3 Å². The highest BCUT2D eigenvalue weighted by Gasteiger charge is 2.46. The maximum atomic E-state index is 12.6. The van der Waals surface area contributed by atoms with Crippen LogP contribution in [0.1, 0.15) is 23.2 Å². The highest BCUT2D eigenvalue weighted by molar-refractivity contribution is 6.31. The minimum absolute atomic E-state index is 0.162. The van der Waals surface area contributed by atoms with Gasteiger partial charge in [-0.1, -0.05) is 11.6 Å². The highest BCUT2D eigenvalue weighted by atomic mass is 35.5. The number of methoxy groups -OCH3 is 1. The van der Waals surface area contributed by atoms with E-state index in [0.717, 1.165) is 12.8 Å². The number of anilines is 1. The van der Waals surface area contributed by atoms with Gasteiger partial charge in [0.15, 0.2) is 11.5 Å². The van der Waals surface area contributed by atoms with Crippen molar-refractivity contribution < 1.29 is 19.0 Å². The van der Waals surface area contributed by atoms with E-state index in [1.165, 1.54) is 0 Å². The SMILES string of the molecule is COc1ccc(Cl)cc1NC(=O)c1ccc2c(c1)OCC1(CC1)CO2. The van der Waals surface area contributed by atoms with Gasteiger partial charge in [-0.15, -0.1) is 0 Å². The Labute approximate surface area is 150 Å². The Kier molecular flexibility index (Phi) is 3.96. The van der Waals surface area contributed by atoms with E-state index in [2.05, 4.69) is 5.32 Å². The molecular weight excluding hydrogens is 342 g/mol. The number of rotatable bonds is 3. The molecule has 1 saturated carbocycles. The second kappa shape index (κ2) is 6.15. The number of amides is 1. The van der Waals surface area contributed by atoms with Gasteiger partial charge in [-0.25, -0.2) is 0 Å². The fourth-order valence-electron chi connectivity index (χ4n) is 2.82. The summed E-state index contributed by atoms with van der Waals surface area (Å²) in [6, 6.07) is 10.3. The lowest BCUT2D eigenvalue weighted by Crippen LogP contribution is -2.17. The second-order valence-electron chi connectivity index (χ2n) is 6.54. The molecule has 0 saturated heterocycles. The van der Waals surface area contributed by atoms with Gasteiger partial charge in [0.25, 0.3) is 5.91 Å². The molecule has 0 atom stereocenters. The molecule has 130 valence electrons. The molecule has 0 unspecified atom stereocenters. The zero-order chi connectivity index (χ0) is 17.4. The Morgan fingerprint density at radius 2 is 1.88 bits per heavy atom. The summed E-state index contributed by atoms with van der Waals surface area (Å²) in [5.41, 5.74) is 1.16. The molecule has 6 heteroatoms. The van der Waals surface area contributed by atoms with E-state index in [1.807, 2.05) is 0 Å². The largest absolute Gasteiger partial charge is 0.495 e. The maximum absolute atomic E-state index is 12.6. The van der Waals surface area contributed by atoms with Crippen LogP contribution in [0.5, 0.6) is 17.2 Å². The molecule has 1 spiro atoms. The lowest BCUT2D eigenvalue weighted by molar-refractivity contribution is 0.102. The molecule has 0 radical (unpaired) electrons. The van der Waals surface area contributed by atoms with Crippen LogP contribution < -0.4 is 19.5 Å². The first kappa shape index (κ1) is 16.1. The fraction of sp³-hybridized carbons (Fsp3) is 0.316. The standard InChI is InChI=1S/C19H18ClNO4/c1-23-15-5-3-13(20)9-14(15)21-18(22)12-2-4-16-17(8-12)25-11-19(6-7-19)10-24-16/h2-5,8-9H,6-7,10-11H2,1H3,(H,21,22). The van der Waals surface area contributed by atoms with Crippen LogP contribution in [0.25, 0.3) is 0 Å². The lowest BCUT2D eigenvalue weighted by Gasteiger charge is -2.12. The number of carbonyl (C=O) groups is 1. The van der Waals surface area contributed by atoms with Crippen molar-refractivity contribution in [2.24, 2.45) is 5.41 Å². The third-order valence-corrected chi connectivity index (χ3v) is 4.88. The zero-order valence-corrected chi connectivity index (χ0v) is 14.6. The fourth-order valence-corrected chi connectivity index (χ4v) is 2.99. The van der Waals surface area contributed by atoms with Gasteiger partial charge in [0.2, 0.25) is 0 Å². The van der Waals surface area contributed by atoms with Crippen molar-refractivity contribution in [1.29, 1.82) is 0 Å². The summed E-state index contributed by atoms with van der Waals surface area (Å²) in [5.74, 6) is 1.57. The van der Waals surface area contributed by atoms with Gasteiger partial charge in [0.1, 0.15) is 5.75 Å². The third kappa shape index (κ3) is 3.24. The average Bonchev–Trinajstić information content (AvgIpc) is 3.41. The minimum atomic E-state index is -0.266. The average molecular weight is 360 g/mol. The number of nitrogens with one attached hydrogen (secondary N) is 1. The van der Waals surface area contributed by atoms with Gasteiger partial charge in [0, 0.05) is 16.0 Å². The van der Waals surface area contributed by atoms with E-state index in [9.17, 15) is 4.79 Å². The summed E-state index contributed by atoms with van der Waals surface area (Å²) in [7, 11) is 1.54. The van der Waals surface area contributed by atoms with Crippen LogP contribution >= 0.6 is 11.6 Å². The predicted octanol–water partition coefficient (Wildman–Crippen LogP) is 4.15. The number of halogens is 1. The molecule has 0 aromatic heterocycles. The Balaban J connectivity index is 1.55. The number of carbonyl (C=O) groups excluding carboxylic acids is 1. The molecule has 2 aromatic carbocycles. The Hall–Kier alpha value is -2.40. The highest BCUT2D eigenvalue weighted by Crippen LogP contribution is 2.49. The lowest BCUT2D eigenvalue weighted by atomic mass is 10.1. The van der Waals surface area contributed by atoms with Crippen LogP contribution in [-0.2, 0) is 0 Å². The minimum Gasteiger partial charge on any atom is -0.495 e. The molecule has 1 heterocycles. The predicted molar refractivity (Wildman–Crippen MR) is 95.1 cm³/mol. The quantitative estimate of drug-likeness (QED) is 0.894. The van der Waals surface area contributed by atoms with Crippen molar-refractivity contribution in [3.8, 4) is 17.2 Å². The smallest absolute Gasteiger partial charge is 0.255 e. The monoisotopic (exact) mass is 359 g/mol. The maximum Gasteiger partial charge on any atom is 0.255 e. The first-order valence-electron chi connectivity index (χ1n) is 8.13. The number of hydrogen-bond acceptors (Lipinski definition) is 4. The van der Waals surface area contributed by atoms with Crippen molar-refractivity contribution in [2.75, 3.05) is 25.6 Å². The normalized spacial score (nSPS) is 16.9. The molecule has 1 fully saturated rings. The van der Waals surface area contributed by atoms with Gasteiger partial charge < -0.3 is 19.5 Å². The molecule has 5 nitrogen and oxygen atoms in total. The van der Waals surface area contributed by atoms with Crippen LogP contribution in [0.4, 0.5) is 5.69 Å². The number of ether oxygens (including phenoxy) is 3. The van der Waals surface area contributed by atoms with E-state index in [1.54, 1.807) is 43.5 Å². The molecule has 0 bridgehead atoms. The first-order valence-corrected chi connectivity index (χ1v) is 8.51. The number of hydrogen-bond donors (Lipinski definition) is 1. The molecule has 1 amide bonds. The Morgan fingerprint density at radius 3 is 2.60 bits per heavy atom. The number of fused-ring (bicyclic) bond motifs is 1. The molecule has 1 N–H and O–H groups in total. The zero-order valence-electron chi connectivity index (χ0n) is 13.8. The van der Waals surface area contributed by atoms with Gasteiger partial charge >= 0.3 is 0 Å². The van der Waals surface area contributed by atoms with E-state index in [0.29, 0.717) is 46.7 Å². The van der Waals surface area contributed by atoms with Crippen molar-refractivity contribution >= 4 is 23.2 Å². The van der Waals surface area contributed by atoms with Crippen molar-refractivity contribution in [1.82, 2.24) is 0 Å². The summed E-state index contributed by atoms with van der Waals surface area (Å²) >= 11 is 6.01. The van der Waals surface area contributed by atoms with E-state index >= 15 is 0 Å².